The van der Waals surface area contributed by atoms with Crippen LogP contribution in [0, 0.1) is 0 Å². The van der Waals surface area contributed by atoms with Gasteiger partial charge in [0.2, 0.25) is 5.69 Å². The molecule has 0 saturated carbocycles. The lowest BCUT2D eigenvalue weighted by atomic mass is 9.76. The monoisotopic (exact) mass is 331 g/mol. The highest BCUT2D eigenvalue weighted by Gasteiger charge is 2.51. The van der Waals surface area contributed by atoms with E-state index < -0.39 is 0 Å². The number of benzene rings is 2. The molecule has 3 aliphatic heterocycles. The van der Waals surface area contributed by atoms with E-state index in [9.17, 15) is 0 Å². The van der Waals surface area contributed by atoms with Crippen molar-refractivity contribution in [1.29, 1.82) is 0 Å². The third-order valence-electron chi connectivity index (χ3n) is 5.85. The molecular formula is C22H23N2O+. The van der Waals surface area contributed by atoms with E-state index in [1.807, 2.05) is 7.05 Å². The van der Waals surface area contributed by atoms with Crippen LogP contribution in [0.1, 0.15) is 31.4 Å². The van der Waals surface area contributed by atoms with Crippen LogP contribution in [-0.2, 0) is 5.41 Å². The maximum Gasteiger partial charge on any atom is 0.209 e. The van der Waals surface area contributed by atoms with Crippen LogP contribution < -0.4 is 10.1 Å². The van der Waals surface area contributed by atoms with Crippen molar-refractivity contribution < 1.29 is 9.31 Å². The molecule has 2 aromatic carbocycles. The van der Waals surface area contributed by atoms with Gasteiger partial charge in [0.05, 0.1) is 11.0 Å². The molecule has 1 unspecified atom stereocenters. The molecule has 3 heterocycles. The quantitative estimate of drug-likeness (QED) is 0.786. The van der Waals surface area contributed by atoms with Crippen molar-refractivity contribution in [3.8, 4) is 5.75 Å². The van der Waals surface area contributed by atoms with Gasteiger partial charge >= 0.3 is 0 Å². The molecular weight excluding hydrogens is 308 g/mol. The van der Waals surface area contributed by atoms with Gasteiger partial charge in [0.1, 0.15) is 11.9 Å². The molecule has 0 amide bonds. The molecule has 0 radical (unpaired) electrons. The molecule has 25 heavy (non-hydrogen) atoms. The minimum absolute atomic E-state index is 0.00682. The predicted octanol–water partition coefficient (Wildman–Crippen LogP) is 4.35. The molecule has 3 heteroatoms. The lowest BCUT2D eigenvalue weighted by Crippen LogP contribution is -2.42. The fraction of sp³-hybridized carbons (Fsp3) is 0.318. The summed E-state index contributed by atoms with van der Waals surface area (Å²) < 4.78 is 8.93. The van der Waals surface area contributed by atoms with Gasteiger partial charge in [0.15, 0.2) is 12.3 Å². The Hall–Kier alpha value is -2.55. The summed E-state index contributed by atoms with van der Waals surface area (Å²) in [6, 6.07) is 15.2. The van der Waals surface area contributed by atoms with Crippen molar-refractivity contribution in [2.75, 3.05) is 18.9 Å². The largest absolute Gasteiger partial charge is 0.485 e. The molecule has 1 atom stereocenters. The molecule has 126 valence electrons. The van der Waals surface area contributed by atoms with Crippen LogP contribution in [0.3, 0.4) is 0 Å². The number of hydrogen-bond donors (Lipinski definition) is 1. The first-order valence-corrected chi connectivity index (χ1v) is 9.04. The average Bonchev–Trinajstić information content (AvgIpc) is 2.87. The first kappa shape index (κ1) is 14.8. The first-order chi connectivity index (χ1) is 12.1. The van der Waals surface area contributed by atoms with Gasteiger partial charge in [0, 0.05) is 42.4 Å². The van der Waals surface area contributed by atoms with Crippen LogP contribution in [0.2, 0.25) is 0 Å². The molecule has 0 aliphatic carbocycles. The second-order valence-corrected chi connectivity index (χ2v) is 7.64. The van der Waals surface area contributed by atoms with Gasteiger partial charge in [0.25, 0.3) is 0 Å². The maximum absolute atomic E-state index is 6.42. The second kappa shape index (κ2) is 4.98. The molecule has 0 saturated heterocycles. The average molecular weight is 331 g/mol. The minimum atomic E-state index is 0.00682. The predicted molar refractivity (Wildman–Crippen MR) is 102 cm³/mol. The molecule has 0 fully saturated rings. The van der Waals surface area contributed by atoms with Crippen LogP contribution in [0.5, 0.6) is 5.75 Å². The smallest absolute Gasteiger partial charge is 0.209 e. The van der Waals surface area contributed by atoms with E-state index >= 15 is 0 Å². The van der Waals surface area contributed by atoms with Crippen molar-refractivity contribution in [1.82, 2.24) is 0 Å². The van der Waals surface area contributed by atoms with Gasteiger partial charge in [-0.15, -0.1) is 0 Å². The SMILES string of the molecule is CNc1ccc2c(c1)OC1CC[N+]3=C(C1=C2)C(C)(C)c1ccccc13. The Morgan fingerprint density at radius 3 is 2.84 bits per heavy atom. The summed E-state index contributed by atoms with van der Waals surface area (Å²) in [6.45, 7) is 5.69. The third-order valence-corrected chi connectivity index (χ3v) is 5.85. The van der Waals surface area contributed by atoms with Crippen LogP contribution in [-0.4, -0.2) is 30.0 Å². The number of nitrogens with zero attached hydrogens (tertiary/aromatic N) is 1. The van der Waals surface area contributed by atoms with E-state index in [0.29, 0.717) is 0 Å². The van der Waals surface area contributed by atoms with Crippen molar-refractivity contribution in [2.24, 2.45) is 0 Å². The van der Waals surface area contributed by atoms with E-state index in [2.05, 4.69) is 72.3 Å². The Morgan fingerprint density at radius 1 is 1.16 bits per heavy atom. The van der Waals surface area contributed by atoms with Gasteiger partial charge in [-0.2, -0.15) is 4.58 Å². The van der Waals surface area contributed by atoms with Crippen molar-refractivity contribution in [3.63, 3.8) is 0 Å². The first-order valence-electron chi connectivity index (χ1n) is 9.04. The van der Waals surface area contributed by atoms with Gasteiger partial charge in [-0.05, 0) is 32.1 Å². The van der Waals surface area contributed by atoms with E-state index in [4.69, 9.17) is 4.74 Å². The fourth-order valence-corrected chi connectivity index (χ4v) is 4.64. The number of anilines is 1. The molecule has 0 bridgehead atoms. The van der Waals surface area contributed by atoms with E-state index in [0.717, 1.165) is 24.4 Å². The summed E-state index contributed by atoms with van der Waals surface area (Å²) in [6.07, 6.45) is 3.51. The van der Waals surface area contributed by atoms with E-state index in [1.54, 1.807) is 0 Å². The highest BCUT2D eigenvalue weighted by molar-refractivity contribution is 6.11. The minimum Gasteiger partial charge on any atom is -0.485 e. The Balaban J connectivity index is 1.69. The normalized spacial score (nSPS) is 22.2. The number of hydrogen-bond acceptors (Lipinski definition) is 2. The summed E-state index contributed by atoms with van der Waals surface area (Å²) in [7, 11) is 1.94. The van der Waals surface area contributed by atoms with Crippen molar-refractivity contribution in [3.05, 3.63) is 59.2 Å². The molecule has 1 N–H and O–H groups in total. The van der Waals surface area contributed by atoms with Crippen LogP contribution in [0.15, 0.2) is 48.0 Å². The molecule has 3 nitrogen and oxygen atoms in total. The molecule has 5 rings (SSSR count). The zero-order valence-corrected chi connectivity index (χ0v) is 15.0. The zero-order valence-electron chi connectivity index (χ0n) is 15.0. The lowest BCUT2D eigenvalue weighted by molar-refractivity contribution is -0.444. The van der Waals surface area contributed by atoms with Gasteiger partial charge in [-0.25, -0.2) is 0 Å². The summed E-state index contributed by atoms with van der Waals surface area (Å²) in [4.78, 5) is 0. The summed E-state index contributed by atoms with van der Waals surface area (Å²) in [5.74, 6) is 0.989. The lowest BCUT2D eigenvalue weighted by Gasteiger charge is -2.32. The van der Waals surface area contributed by atoms with Gasteiger partial charge in [-0.3, -0.25) is 0 Å². The Kier molecular flexibility index (Phi) is 2.94. The Labute approximate surface area is 148 Å². The standard InChI is InChI=1S/C22H22N2O/c1-22(2)17-6-4-5-7-18(17)24-11-10-19-16(21(22)24)12-14-8-9-15(23-3)13-20(14)25-19/h4-9,12-13,19H,10-11H2,1-3H3/p+1. The second-order valence-electron chi connectivity index (χ2n) is 7.64. The molecule has 3 aliphatic rings. The van der Waals surface area contributed by atoms with Crippen molar-refractivity contribution >= 4 is 23.2 Å². The van der Waals surface area contributed by atoms with Gasteiger partial charge < -0.3 is 10.1 Å². The Morgan fingerprint density at radius 2 is 2.00 bits per heavy atom. The summed E-state index contributed by atoms with van der Waals surface area (Å²) in [5.41, 5.74) is 7.81. The summed E-state index contributed by atoms with van der Waals surface area (Å²) >= 11 is 0. The highest BCUT2D eigenvalue weighted by atomic mass is 16.5. The molecule has 0 spiro atoms. The van der Waals surface area contributed by atoms with Crippen molar-refractivity contribution in [2.45, 2.75) is 31.8 Å². The summed E-state index contributed by atoms with van der Waals surface area (Å²) in [5, 5.41) is 3.20. The molecule has 0 aromatic heterocycles. The van der Waals surface area contributed by atoms with E-state index in [-0.39, 0.29) is 11.5 Å². The van der Waals surface area contributed by atoms with Crippen LogP contribution >= 0.6 is 0 Å². The zero-order chi connectivity index (χ0) is 17.2. The topological polar surface area (TPSA) is 24.3 Å². The highest BCUT2D eigenvalue weighted by Crippen LogP contribution is 2.46. The van der Waals surface area contributed by atoms with Crippen LogP contribution in [0.25, 0.3) is 6.08 Å². The maximum atomic E-state index is 6.42. The third kappa shape index (κ3) is 1.95. The number of rotatable bonds is 1. The fourth-order valence-electron chi connectivity index (χ4n) is 4.64. The number of fused-ring (bicyclic) bond motifs is 5. The number of nitrogens with one attached hydrogen (secondary N) is 1. The number of ether oxygens (including phenoxy) is 1. The van der Waals surface area contributed by atoms with E-state index in [1.165, 1.54) is 28.1 Å². The Bertz CT molecular complexity index is 952. The van der Waals surface area contributed by atoms with Gasteiger partial charge in [-0.1, -0.05) is 18.2 Å². The number of para-hydroxylation sites is 1. The molecule has 2 aromatic rings. The van der Waals surface area contributed by atoms with Crippen LogP contribution in [0.4, 0.5) is 11.4 Å².